The Morgan fingerprint density at radius 2 is 1.54 bits per heavy atom. The molecular weight excluding hydrogens is 372 g/mol. The zero-order chi connectivity index (χ0) is 20.3. The van der Waals surface area contributed by atoms with Gasteiger partial charge in [-0.1, -0.05) is 53.6 Å². The van der Waals surface area contributed by atoms with Gasteiger partial charge in [-0.2, -0.15) is 0 Å². The molecule has 0 amide bonds. The van der Waals surface area contributed by atoms with Crippen LogP contribution in [0.4, 0.5) is 0 Å². The van der Waals surface area contributed by atoms with Crippen LogP contribution in [0.15, 0.2) is 48.5 Å². The Balaban J connectivity index is 1.82. The number of aryl methyl sites for hydroxylation is 1. The maximum absolute atomic E-state index is 11.9. The van der Waals surface area contributed by atoms with Crippen molar-refractivity contribution in [3.8, 4) is 0 Å². The molecule has 3 aromatic rings. The zero-order valence-corrected chi connectivity index (χ0v) is 17.2. The van der Waals surface area contributed by atoms with E-state index in [-0.39, 0.29) is 0 Å². The Hall–Kier alpha value is -2.56. The van der Waals surface area contributed by atoms with Crippen LogP contribution in [0, 0.1) is 20.8 Å². The lowest BCUT2D eigenvalue weighted by molar-refractivity contribution is 0.0694. The SMILES string of the molecule is Cc1ccc(Cn2c(C)c(CNCc3ccc(Cl)cc3)c(C(=O)O)c2C)cc1. The molecule has 5 heteroatoms. The predicted molar refractivity (Wildman–Crippen MR) is 113 cm³/mol. The maximum atomic E-state index is 11.9. The quantitative estimate of drug-likeness (QED) is 0.584. The Morgan fingerprint density at radius 1 is 0.929 bits per heavy atom. The van der Waals surface area contributed by atoms with Crippen molar-refractivity contribution in [2.45, 2.75) is 40.4 Å². The summed E-state index contributed by atoms with van der Waals surface area (Å²) < 4.78 is 2.09. The molecule has 0 fully saturated rings. The number of carboxylic acids is 1. The monoisotopic (exact) mass is 396 g/mol. The fourth-order valence-corrected chi connectivity index (χ4v) is 3.62. The van der Waals surface area contributed by atoms with Crippen molar-refractivity contribution < 1.29 is 9.90 Å². The fourth-order valence-electron chi connectivity index (χ4n) is 3.50. The van der Waals surface area contributed by atoms with E-state index in [1.54, 1.807) is 0 Å². The number of carbonyl (C=O) groups is 1. The second kappa shape index (κ2) is 8.63. The Bertz CT molecular complexity index is 973. The number of aromatic carboxylic acids is 1. The molecule has 0 aliphatic rings. The lowest BCUT2D eigenvalue weighted by Gasteiger charge is -2.11. The number of hydrogen-bond donors (Lipinski definition) is 2. The average molecular weight is 397 g/mol. The van der Waals surface area contributed by atoms with Crippen molar-refractivity contribution >= 4 is 17.6 Å². The molecule has 1 heterocycles. The summed E-state index contributed by atoms with van der Waals surface area (Å²) in [5.41, 5.74) is 6.48. The standard InChI is InChI=1S/C23H25ClN2O2/c1-15-4-6-19(7-5-15)14-26-16(2)21(22(17(26)3)23(27)28)13-25-12-18-8-10-20(24)11-9-18/h4-11,25H,12-14H2,1-3H3,(H,27,28). The van der Waals surface area contributed by atoms with E-state index in [1.165, 1.54) is 5.56 Å². The van der Waals surface area contributed by atoms with Gasteiger partial charge in [-0.3, -0.25) is 0 Å². The lowest BCUT2D eigenvalue weighted by Crippen LogP contribution is -2.15. The van der Waals surface area contributed by atoms with Gasteiger partial charge in [-0.05, 0) is 44.0 Å². The van der Waals surface area contributed by atoms with Crippen molar-refractivity contribution in [2.24, 2.45) is 0 Å². The molecule has 4 nitrogen and oxygen atoms in total. The van der Waals surface area contributed by atoms with Crippen LogP contribution >= 0.6 is 11.6 Å². The highest BCUT2D eigenvalue weighted by molar-refractivity contribution is 6.30. The minimum Gasteiger partial charge on any atom is -0.478 e. The molecule has 1 aromatic heterocycles. The van der Waals surface area contributed by atoms with Crippen molar-refractivity contribution in [3.63, 3.8) is 0 Å². The summed E-state index contributed by atoms with van der Waals surface area (Å²) in [6.45, 7) is 7.74. The molecule has 0 radical (unpaired) electrons. The van der Waals surface area contributed by atoms with E-state index in [4.69, 9.17) is 11.6 Å². The van der Waals surface area contributed by atoms with Crippen LogP contribution < -0.4 is 5.32 Å². The summed E-state index contributed by atoms with van der Waals surface area (Å²) in [5.74, 6) is -0.883. The molecule has 0 aliphatic carbocycles. The predicted octanol–water partition coefficient (Wildman–Crippen LogP) is 5.10. The van der Waals surface area contributed by atoms with Crippen LogP contribution in [0.3, 0.4) is 0 Å². The van der Waals surface area contributed by atoms with Crippen LogP contribution in [0.1, 0.15) is 44.0 Å². The van der Waals surface area contributed by atoms with Gasteiger partial charge in [0.25, 0.3) is 0 Å². The molecule has 0 bridgehead atoms. The van der Waals surface area contributed by atoms with Crippen molar-refractivity contribution in [1.29, 1.82) is 0 Å². The van der Waals surface area contributed by atoms with Crippen molar-refractivity contribution in [1.82, 2.24) is 9.88 Å². The summed E-state index contributed by atoms with van der Waals surface area (Å²) in [6, 6.07) is 16.0. The summed E-state index contributed by atoms with van der Waals surface area (Å²) >= 11 is 5.92. The first-order valence-electron chi connectivity index (χ1n) is 9.29. The van der Waals surface area contributed by atoms with Crippen molar-refractivity contribution in [2.75, 3.05) is 0 Å². The minimum atomic E-state index is -0.883. The van der Waals surface area contributed by atoms with Crippen LogP contribution in [0.25, 0.3) is 0 Å². The molecule has 0 saturated carbocycles. The smallest absolute Gasteiger partial charge is 0.337 e. The maximum Gasteiger partial charge on any atom is 0.337 e. The number of rotatable bonds is 7. The van der Waals surface area contributed by atoms with E-state index in [0.29, 0.717) is 30.2 Å². The average Bonchev–Trinajstić information content (AvgIpc) is 2.89. The van der Waals surface area contributed by atoms with Crippen LogP contribution in [-0.4, -0.2) is 15.6 Å². The largest absolute Gasteiger partial charge is 0.478 e. The van der Waals surface area contributed by atoms with Gasteiger partial charge >= 0.3 is 5.97 Å². The molecule has 0 atom stereocenters. The Labute approximate surface area is 170 Å². The van der Waals surface area contributed by atoms with Gasteiger partial charge in [0.05, 0.1) is 5.56 Å². The first-order chi connectivity index (χ1) is 13.4. The van der Waals surface area contributed by atoms with E-state index in [1.807, 2.05) is 38.1 Å². The van der Waals surface area contributed by atoms with Gasteiger partial charge in [-0.25, -0.2) is 4.79 Å². The van der Waals surface area contributed by atoms with Gasteiger partial charge in [-0.15, -0.1) is 0 Å². The van der Waals surface area contributed by atoms with Crippen LogP contribution in [-0.2, 0) is 19.6 Å². The molecule has 2 aromatic carbocycles. The molecular formula is C23H25ClN2O2. The molecule has 2 N–H and O–H groups in total. The van der Waals surface area contributed by atoms with E-state index in [9.17, 15) is 9.90 Å². The summed E-state index contributed by atoms with van der Waals surface area (Å²) in [6.07, 6.45) is 0. The second-order valence-electron chi connectivity index (χ2n) is 7.13. The van der Waals surface area contributed by atoms with Gasteiger partial charge in [0, 0.05) is 41.6 Å². The minimum absolute atomic E-state index is 0.396. The number of hydrogen-bond acceptors (Lipinski definition) is 2. The fraction of sp³-hybridized carbons (Fsp3) is 0.261. The van der Waals surface area contributed by atoms with E-state index in [2.05, 4.69) is 41.1 Å². The number of carboxylic acid groups (broad SMARTS) is 1. The Morgan fingerprint density at radius 3 is 2.14 bits per heavy atom. The molecule has 28 heavy (non-hydrogen) atoms. The number of aromatic nitrogens is 1. The third kappa shape index (κ3) is 4.46. The summed E-state index contributed by atoms with van der Waals surface area (Å²) in [5, 5.41) is 13.8. The first-order valence-corrected chi connectivity index (χ1v) is 9.67. The second-order valence-corrected chi connectivity index (χ2v) is 7.57. The molecule has 0 spiro atoms. The molecule has 0 saturated heterocycles. The molecule has 0 aliphatic heterocycles. The van der Waals surface area contributed by atoms with Gasteiger partial charge < -0.3 is 15.0 Å². The molecule has 3 rings (SSSR count). The molecule has 146 valence electrons. The van der Waals surface area contributed by atoms with Crippen LogP contribution in [0.5, 0.6) is 0 Å². The lowest BCUT2D eigenvalue weighted by atomic mass is 10.1. The van der Waals surface area contributed by atoms with Gasteiger partial charge in [0.2, 0.25) is 0 Å². The third-order valence-corrected chi connectivity index (χ3v) is 5.38. The van der Waals surface area contributed by atoms with E-state index in [0.717, 1.165) is 28.1 Å². The van der Waals surface area contributed by atoms with Gasteiger partial charge in [0.15, 0.2) is 0 Å². The third-order valence-electron chi connectivity index (χ3n) is 5.13. The number of nitrogens with one attached hydrogen (secondary N) is 1. The normalized spacial score (nSPS) is 11.0. The van der Waals surface area contributed by atoms with E-state index >= 15 is 0 Å². The molecule has 0 unspecified atom stereocenters. The number of nitrogens with zero attached hydrogens (tertiary/aromatic N) is 1. The van der Waals surface area contributed by atoms with E-state index < -0.39 is 5.97 Å². The number of benzene rings is 2. The number of halogens is 1. The topological polar surface area (TPSA) is 54.3 Å². The van der Waals surface area contributed by atoms with Crippen LogP contribution in [0.2, 0.25) is 5.02 Å². The Kier molecular flexibility index (Phi) is 6.22. The first kappa shape index (κ1) is 20.2. The van der Waals surface area contributed by atoms with Crippen molar-refractivity contribution in [3.05, 3.63) is 92.8 Å². The highest BCUT2D eigenvalue weighted by Gasteiger charge is 2.22. The highest BCUT2D eigenvalue weighted by Crippen LogP contribution is 2.24. The summed E-state index contributed by atoms with van der Waals surface area (Å²) in [7, 11) is 0. The highest BCUT2D eigenvalue weighted by atomic mass is 35.5. The summed E-state index contributed by atoms with van der Waals surface area (Å²) in [4.78, 5) is 11.9. The zero-order valence-electron chi connectivity index (χ0n) is 16.4. The van der Waals surface area contributed by atoms with Gasteiger partial charge in [0.1, 0.15) is 0 Å².